The van der Waals surface area contributed by atoms with E-state index in [9.17, 15) is 9.59 Å². The van der Waals surface area contributed by atoms with Gasteiger partial charge in [-0.3, -0.25) is 9.59 Å². The molecule has 0 spiro atoms. The topological polar surface area (TPSA) is 55.4 Å². The Kier molecular flexibility index (Phi) is 6.64. The van der Waals surface area contributed by atoms with Crippen LogP contribution in [0.5, 0.6) is 0 Å². The lowest BCUT2D eigenvalue weighted by atomic mass is 9.79. The Balaban J connectivity index is 1.74. The van der Waals surface area contributed by atoms with Crippen LogP contribution in [0.4, 0.5) is 0 Å². The summed E-state index contributed by atoms with van der Waals surface area (Å²) in [4.78, 5) is 25.2. The van der Waals surface area contributed by atoms with E-state index >= 15 is 0 Å². The van der Waals surface area contributed by atoms with E-state index in [4.69, 9.17) is 4.74 Å². The Morgan fingerprint density at radius 1 is 0.963 bits per heavy atom. The number of carbonyl (C=O) groups is 2. The molecule has 1 amide bonds. The Morgan fingerprint density at radius 3 is 2.07 bits per heavy atom. The number of ether oxygens (including phenoxy) is 1. The number of amides is 1. The van der Waals surface area contributed by atoms with Crippen molar-refractivity contribution in [1.82, 2.24) is 5.32 Å². The van der Waals surface area contributed by atoms with Crippen molar-refractivity contribution in [2.24, 2.45) is 11.8 Å². The lowest BCUT2D eigenvalue weighted by Crippen LogP contribution is -2.39. The van der Waals surface area contributed by atoms with E-state index in [2.05, 4.69) is 5.32 Å². The maximum absolute atomic E-state index is 13.1. The SMILES string of the molecule is COC(=O)C1CCCCC1CNC(=O)C(c1ccccc1)c1ccccc1. The van der Waals surface area contributed by atoms with Gasteiger partial charge >= 0.3 is 5.97 Å². The number of rotatable bonds is 6. The van der Waals surface area contributed by atoms with Crippen LogP contribution in [-0.4, -0.2) is 25.5 Å². The molecule has 0 aromatic heterocycles. The molecular formula is C23H27NO3. The van der Waals surface area contributed by atoms with Crippen LogP contribution in [0, 0.1) is 11.8 Å². The highest BCUT2D eigenvalue weighted by Crippen LogP contribution is 2.31. The predicted octanol–water partition coefficient (Wildman–Crippen LogP) is 3.91. The fourth-order valence-corrected chi connectivity index (χ4v) is 4.03. The molecule has 2 aromatic carbocycles. The van der Waals surface area contributed by atoms with Crippen LogP contribution in [-0.2, 0) is 14.3 Å². The highest BCUT2D eigenvalue weighted by Gasteiger charge is 2.32. The highest BCUT2D eigenvalue weighted by molar-refractivity contribution is 5.87. The Hall–Kier alpha value is -2.62. The zero-order valence-electron chi connectivity index (χ0n) is 15.8. The molecule has 1 fully saturated rings. The molecule has 0 aliphatic heterocycles. The van der Waals surface area contributed by atoms with Crippen LogP contribution >= 0.6 is 0 Å². The number of benzene rings is 2. The molecule has 4 nitrogen and oxygen atoms in total. The Bertz CT molecular complexity index is 705. The molecule has 0 bridgehead atoms. The summed E-state index contributed by atoms with van der Waals surface area (Å²) in [6.45, 7) is 0.509. The van der Waals surface area contributed by atoms with Crippen molar-refractivity contribution in [3.63, 3.8) is 0 Å². The molecule has 0 saturated heterocycles. The van der Waals surface area contributed by atoms with E-state index in [1.165, 1.54) is 7.11 Å². The highest BCUT2D eigenvalue weighted by atomic mass is 16.5. The molecule has 27 heavy (non-hydrogen) atoms. The van der Waals surface area contributed by atoms with Crippen LogP contribution in [0.25, 0.3) is 0 Å². The van der Waals surface area contributed by atoms with Crippen LogP contribution in [0.3, 0.4) is 0 Å². The second-order valence-corrected chi connectivity index (χ2v) is 7.17. The summed E-state index contributed by atoms with van der Waals surface area (Å²) in [6.07, 6.45) is 3.92. The normalized spacial score (nSPS) is 19.5. The van der Waals surface area contributed by atoms with Gasteiger partial charge in [-0.05, 0) is 29.9 Å². The monoisotopic (exact) mass is 365 g/mol. The molecule has 1 aliphatic carbocycles. The van der Waals surface area contributed by atoms with E-state index in [0.29, 0.717) is 6.54 Å². The fourth-order valence-electron chi connectivity index (χ4n) is 4.03. The molecule has 3 rings (SSSR count). The van der Waals surface area contributed by atoms with Crippen molar-refractivity contribution in [2.45, 2.75) is 31.6 Å². The van der Waals surface area contributed by atoms with Gasteiger partial charge in [0.1, 0.15) is 0 Å². The average molecular weight is 365 g/mol. The molecule has 1 saturated carbocycles. The van der Waals surface area contributed by atoms with Gasteiger partial charge in [0.25, 0.3) is 0 Å². The summed E-state index contributed by atoms with van der Waals surface area (Å²) in [5.41, 5.74) is 1.93. The van der Waals surface area contributed by atoms with Gasteiger partial charge in [-0.2, -0.15) is 0 Å². The standard InChI is InChI=1S/C23H27NO3/c1-27-23(26)20-15-9-8-14-19(20)16-24-22(25)21(17-10-4-2-5-11-17)18-12-6-3-7-13-18/h2-7,10-13,19-21H,8-9,14-16H2,1H3,(H,24,25). The Morgan fingerprint density at radius 2 is 1.52 bits per heavy atom. The van der Waals surface area contributed by atoms with Crippen molar-refractivity contribution < 1.29 is 14.3 Å². The maximum atomic E-state index is 13.1. The Labute approximate surface area is 160 Å². The van der Waals surface area contributed by atoms with Crippen LogP contribution < -0.4 is 5.32 Å². The van der Waals surface area contributed by atoms with Gasteiger partial charge in [-0.1, -0.05) is 73.5 Å². The van der Waals surface area contributed by atoms with Gasteiger partial charge in [-0.15, -0.1) is 0 Å². The third kappa shape index (κ3) is 4.76. The molecule has 0 heterocycles. The number of hydrogen-bond donors (Lipinski definition) is 1. The molecule has 0 radical (unpaired) electrons. The van der Waals surface area contributed by atoms with Gasteiger partial charge in [-0.25, -0.2) is 0 Å². The number of methoxy groups -OCH3 is 1. The van der Waals surface area contributed by atoms with Gasteiger partial charge in [0, 0.05) is 6.54 Å². The summed E-state index contributed by atoms with van der Waals surface area (Å²) in [5.74, 6) is -0.510. The third-order valence-electron chi connectivity index (χ3n) is 5.48. The van der Waals surface area contributed by atoms with Crippen molar-refractivity contribution in [3.8, 4) is 0 Å². The molecule has 2 aromatic rings. The van der Waals surface area contributed by atoms with Crippen LogP contribution in [0.1, 0.15) is 42.7 Å². The molecule has 142 valence electrons. The zero-order valence-corrected chi connectivity index (χ0v) is 15.8. The maximum Gasteiger partial charge on any atom is 0.309 e. The minimum absolute atomic E-state index is 0.0263. The van der Waals surface area contributed by atoms with E-state index in [1.54, 1.807) is 0 Å². The smallest absolute Gasteiger partial charge is 0.309 e. The number of carbonyl (C=O) groups excluding carboxylic acids is 2. The first-order valence-corrected chi connectivity index (χ1v) is 9.66. The lowest BCUT2D eigenvalue weighted by Gasteiger charge is -2.30. The van der Waals surface area contributed by atoms with E-state index in [1.807, 2.05) is 60.7 Å². The van der Waals surface area contributed by atoms with Crippen molar-refractivity contribution in [3.05, 3.63) is 71.8 Å². The van der Waals surface area contributed by atoms with Crippen molar-refractivity contribution >= 4 is 11.9 Å². The molecule has 4 heteroatoms. The minimum atomic E-state index is -0.354. The van der Waals surface area contributed by atoms with E-state index in [0.717, 1.165) is 36.8 Å². The number of hydrogen-bond acceptors (Lipinski definition) is 3. The van der Waals surface area contributed by atoms with Crippen molar-refractivity contribution in [2.75, 3.05) is 13.7 Å². The molecule has 1 aliphatic rings. The van der Waals surface area contributed by atoms with E-state index < -0.39 is 0 Å². The van der Waals surface area contributed by atoms with Gasteiger partial charge in [0.2, 0.25) is 5.91 Å². The summed E-state index contributed by atoms with van der Waals surface area (Å²) >= 11 is 0. The average Bonchev–Trinajstić information content (AvgIpc) is 2.73. The van der Waals surface area contributed by atoms with Crippen LogP contribution in [0.15, 0.2) is 60.7 Å². The molecular weight excluding hydrogens is 338 g/mol. The first-order valence-electron chi connectivity index (χ1n) is 9.66. The second kappa shape index (κ2) is 9.36. The fraction of sp³-hybridized carbons (Fsp3) is 0.391. The summed E-state index contributed by atoms with van der Waals surface area (Å²) in [5, 5.41) is 3.11. The molecule has 2 atom stereocenters. The largest absolute Gasteiger partial charge is 0.469 e. The summed E-state index contributed by atoms with van der Waals surface area (Å²) in [6, 6.07) is 19.6. The van der Waals surface area contributed by atoms with Crippen LogP contribution in [0.2, 0.25) is 0 Å². The first kappa shape index (κ1) is 19.2. The number of nitrogens with one attached hydrogen (secondary N) is 1. The summed E-state index contributed by atoms with van der Waals surface area (Å²) < 4.78 is 4.96. The third-order valence-corrected chi connectivity index (χ3v) is 5.48. The molecule has 2 unspecified atom stereocenters. The quantitative estimate of drug-likeness (QED) is 0.790. The van der Waals surface area contributed by atoms with Gasteiger partial charge in [0.15, 0.2) is 0 Å². The minimum Gasteiger partial charge on any atom is -0.469 e. The first-order chi connectivity index (χ1) is 13.2. The van der Waals surface area contributed by atoms with E-state index in [-0.39, 0.29) is 29.6 Å². The lowest BCUT2D eigenvalue weighted by molar-refractivity contribution is -0.148. The molecule has 1 N–H and O–H groups in total. The number of esters is 1. The van der Waals surface area contributed by atoms with Gasteiger partial charge in [0.05, 0.1) is 18.9 Å². The zero-order chi connectivity index (χ0) is 19.1. The van der Waals surface area contributed by atoms with Crippen molar-refractivity contribution in [1.29, 1.82) is 0 Å². The second-order valence-electron chi connectivity index (χ2n) is 7.17. The van der Waals surface area contributed by atoms with Gasteiger partial charge < -0.3 is 10.1 Å². The summed E-state index contributed by atoms with van der Waals surface area (Å²) in [7, 11) is 1.44. The predicted molar refractivity (Wildman–Crippen MR) is 105 cm³/mol.